The first kappa shape index (κ1) is 13.9. The lowest BCUT2D eigenvalue weighted by molar-refractivity contribution is 0.329. The molecule has 0 saturated carbocycles. The largest absolute Gasteiger partial charge is 0.325 e. The molecule has 0 amide bonds. The van der Waals surface area contributed by atoms with Gasteiger partial charge >= 0.3 is 0 Å². The van der Waals surface area contributed by atoms with Crippen LogP contribution in [0.5, 0.6) is 0 Å². The van der Waals surface area contributed by atoms with E-state index in [9.17, 15) is 0 Å². The first-order valence-electron chi connectivity index (χ1n) is 5.83. The first-order chi connectivity index (χ1) is 6.34. The van der Waals surface area contributed by atoms with Gasteiger partial charge in [-0.15, -0.1) is 0 Å². The molecule has 0 aromatic rings. The maximum absolute atomic E-state index is 6.00. The average molecular weight is 200 g/mol. The molecule has 1 atom stereocenters. The summed E-state index contributed by atoms with van der Waals surface area (Å²) >= 11 is 0. The highest BCUT2D eigenvalue weighted by Gasteiger charge is 2.19. The monoisotopic (exact) mass is 200 g/mol. The van der Waals surface area contributed by atoms with Gasteiger partial charge in [-0.3, -0.25) is 0 Å². The molecule has 0 aromatic heterocycles. The normalized spacial score (nSPS) is 14.8. The molecule has 0 aliphatic rings. The van der Waals surface area contributed by atoms with Crippen LogP contribution in [-0.4, -0.2) is 18.6 Å². The molecular weight excluding hydrogens is 172 g/mol. The maximum atomic E-state index is 6.00. The van der Waals surface area contributed by atoms with E-state index in [0.29, 0.717) is 5.92 Å². The predicted octanol–water partition coefficient (Wildman–Crippen LogP) is 2.39. The minimum atomic E-state index is -0.0644. The molecule has 3 N–H and O–H groups in total. The van der Waals surface area contributed by atoms with E-state index in [-0.39, 0.29) is 5.54 Å². The van der Waals surface area contributed by atoms with Crippen LogP contribution in [0.2, 0.25) is 0 Å². The Morgan fingerprint density at radius 2 is 1.79 bits per heavy atom. The van der Waals surface area contributed by atoms with E-state index in [1.807, 2.05) is 0 Å². The fourth-order valence-corrected chi connectivity index (χ4v) is 1.22. The Kier molecular flexibility index (Phi) is 6.38. The van der Waals surface area contributed by atoms with E-state index in [1.54, 1.807) is 0 Å². The molecule has 0 fully saturated rings. The van der Waals surface area contributed by atoms with Crippen LogP contribution in [0.1, 0.15) is 47.5 Å². The van der Waals surface area contributed by atoms with Crippen LogP contribution in [0.4, 0.5) is 0 Å². The van der Waals surface area contributed by atoms with Crippen molar-refractivity contribution in [1.29, 1.82) is 0 Å². The highest BCUT2D eigenvalue weighted by molar-refractivity contribution is 4.80. The Morgan fingerprint density at radius 3 is 2.21 bits per heavy atom. The lowest BCUT2D eigenvalue weighted by Gasteiger charge is -2.27. The zero-order chi connectivity index (χ0) is 11.2. The van der Waals surface area contributed by atoms with Gasteiger partial charge in [0, 0.05) is 5.54 Å². The Bertz CT molecular complexity index is 136. The van der Waals surface area contributed by atoms with Gasteiger partial charge in [0.05, 0.1) is 0 Å². The van der Waals surface area contributed by atoms with Crippen molar-refractivity contribution in [3.8, 4) is 0 Å². The quantitative estimate of drug-likeness (QED) is 0.619. The molecule has 0 aliphatic heterocycles. The Labute approximate surface area is 89.6 Å². The zero-order valence-corrected chi connectivity index (χ0v) is 10.6. The third kappa shape index (κ3) is 7.34. The van der Waals surface area contributed by atoms with E-state index >= 15 is 0 Å². The molecular formula is C12H28N2. The van der Waals surface area contributed by atoms with Crippen LogP contribution in [0.25, 0.3) is 0 Å². The van der Waals surface area contributed by atoms with Gasteiger partial charge in [-0.2, -0.15) is 0 Å². The van der Waals surface area contributed by atoms with Crippen molar-refractivity contribution in [3.05, 3.63) is 0 Å². The molecule has 0 bridgehead atoms. The van der Waals surface area contributed by atoms with E-state index < -0.39 is 0 Å². The van der Waals surface area contributed by atoms with Gasteiger partial charge in [-0.05, 0) is 51.6 Å². The van der Waals surface area contributed by atoms with Crippen LogP contribution < -0.4 is 11.1 Å². The summed E-state index contributed by atoms with van der Waals surface area (Å²) in [6.07, 6.45) is 2.59. The second kappa shape index (κ2) is 6.41. The van der Waals surface area contributed by atoms with E-state index in [1.165, 1.54) is 12.8 Å². The summed E-state index contributed by atoms with van der Waals surface area (Å²) in [6.45, 7) is 13.1. The minimum Gasteiger partial charge on any atom is -0.325 e. The molecule has 1 unspecified atom stereocenters. The van der Waals surface area contributed by atoms with Crippen molar-refractivity contribution in [2.75, 3.05) is 13.1 Å². The molecule has 0 aromatic carbocycles. The first-order valence-corrected chi connectivity index (χ1v) is 5.83. The fraction of sp³-hybridized carbons (Fsp3) is 1.00. The van der Waals surface area contributed by atoms with Crippen molar-refractivity contribution in [2.45, 2.75) is 53.0 Å². The molecule has 2 heteroatoms. The van der Waals surface area contributed by atoms with Crippen LogP contribution in [0.15, 0.2) is 0 Å². The van der Waals surface area contributed by atoms with E-state index in [0.717, 1.165) is 19.0 Å². The molecule has 0 aliphatic carbocycles. The smallest absolute Gasteiger partial charge is 0.0135 e. The predicted molar refractivity (Wildman–Crippen MR) is 64.4 cm³/mol. The van der Waals surface area contributed by atoms with Crippen molar-refractivity contribution < 1.29 is 0 Å². The van der Waals surface area contributed by atoms with Crippen LogP contribution >= 0.6 is 0 Å². The number of rotatable bonds is 7. The van der Waals surface area contributed by atoms with Crippen molar-refractivity contribution in [3.63, 3.8) is 0 Å². The molecule has 0 rings (SSSR count). The molecule has 2 nitrogen and oxygen atoms in total. The molecule has 0 spiro atoms. The van der Waals surface area contributed by atoms with Gasteiger partial charge in [0.15, 0.2) is 0 Å². The van der Waals surface area contributed by atoms with Crippen LogP contribution in [-0.2, 0) is 0 Å². The summed E-state index contributed by atoms with van der Waals surface area (Å²) < 4.78 is 0. The second-order valence-corrected chi connectivity index (χ2v) is 5.46. The summed E-state index contributed by atoms with van der Waals surface area (Å²) in [4.78, 5) is 0. The van der Waals surface area contributed by atoms with Crippen molar-refractivity contribution in [1.82, 2.24) is 5.32 Å². The van der Waals surface area contributed by atoms with Gasteiger partial charge in [0.2, 0.25) is 0 Å². The van der Waals surface area contributed by atoms with Crippen molar-refractivity contribution in [2.24, 2.45) is 17.6 Å². The van der Waals surface area contributed by atoms with Gasteiger partial charge in [0.25, 0.3) is 0 Å². The number of hydrogen-bond donors (Lipinski definition) is 2. The maximum Gasteiger partial charge on any atom is 0.0135 e. The highest BCUT2D eigenvalue weighted by Crippen LogP contribution is 2.11. The van der Waals surface area contributed by atoms with E-state index in [4.69, 9.17) is 5.73 Å². The molecule has 86 valence electrons. The summed E-state index contributed by atoms with van der Waals surface area (Å²) in [6, 6.07) is 0. The number of hydrogen-bond acceptors (Lipinski definition) is 2. The topological polar surface area (TPSA) is 38.0 Å². The Morgan fingerprint density at radius 1 is 1.21 bits per heavy atom. The summed E-state index contributed by atoms with van der Waals surface area (Å²) in [5.74, 6) is 1.35. The molecule has 14 heavy (non-hydrogen) atoms. The lowest BCUT2D eigenvalue weighted by atomic mass is 9.90. The number of nitrogens with two attached hydrogens (primary N) is 1. The fourth-order valence-electron chi connectivity index (χ4n) is 1.22. The summed E-state index contributed by atoms with van der Waals surface area (Å²) in [7, 11) is 0. The highest BCUT2D eigenvalue weighted by atomic mass is 14.9. The minimum absolute atomic E-state index is 0.0644. The summed E-state index contributed by atoms with van der Waals surface area (Å²) in [5, 5.41) is 3.47. The average Bonchev–Trinajstić information content (AvgIpc) is 2.01. The zero-order valence-electron chi connectivity index (χ0n) is 10.6. The SMILES string of the molecule is CC(C)CCCNCC(C)C(C)(C)N. The second-order valence-electron chi connectivity index (χ2n) is 5.46. The van der Waals surface area contributed by atoms with E-state index in [2.05, 4.69) is 39.9 Å². The molecule has 0 saturated heterocycles. The molecule has 0 heterocycles. The van der Waals surface area contributed by atoms with Gasteiger partial charge in [-0.25, -0.2) is 0 Å². The third-order valence-corrected chi connectivity index (χ3v) is 2.86. The van der Waals surface area contributed by atoms with Crippen LogP contribution in [0, 0.1) is 11.8 Å². The number of nitrogens with one attached hydrogen (secondary N) is 1. The van der Waals surface area contributed by atoms with Crippen LogP contribution in [0.3, 0.4) is 0 Å². The van der Waals surface area contributed by atoms with Gasteiger partial charge in [-0.1, -0.05) is 20.8 Å². The summed E-state index contributed by atoms with van der Waals surface area (Å²) in [5.41, 5.74) is 5.94. The van der Waals surface area contributed by atoms with Gasteiger partial charge in [0.1, 0.15) is 0 Å². The van der Waals surface area contributed by atoms with Crippen molar-refractivity contribution >= 4 is 0 Å². The molecule has 0 radical (unpaired) electrons. The Hall–Kier alpha value is -0.0800. The third-order valence-electron chi connectivity index (χ3n) is 2.86. The van der Waals surface area contributed by atoms with Gasteiger partial charge < -0.3 is 11.1 Å². The standard InChI is InChI=1S/C12H28N2/c1-10(2)7-6-8-14-9-11(3)12(4,5)13/h10-11,14H,6-9,13H2,1-5H3. The Balaban J connectivity index is 3.37. The lowest BCUT2D eigenvalue weighted by Crippen LogP contribution is -2.44.